The molecule has 2 amide bonds. The van der Waals surface area contributed by atoms with Crippen molar-refractivity contribution in [1.29, 1.82) is 0 Å². The lowest BCUT2D eigenvalue weighted by Crippen LogP contribution is -2.49. The van der Waals surface area contributed by atoms with Crippen LogP contribution in [0.3, 0.4) is 0 Å². The van der Waals surface area contributed by atoms with Crippen LogP contribution in [0.4, 0.5) is 0 Å². The van der Waals surface area contributed by atoms with Crippen LogP contribution in [-0.2, 0) is 25.7 Å². The number of pyridine rings is 1. The van der Waals surface area contributed by atoms with Gasteiger partial charge in [0.2, 0.25) is 11.8 Å². The van der Waals surface area contributed by atoms with Crippen LogP contribution >= 0.6 is 0 Å². The number of carboxylic acids is 2. The van der Waals surface area contributed by atoms with E-state index in [1.807, 2.05) is 17.0 Å². The van der Waals surface area contributed by atoms with Gasteiger partial charge in [0.25, 0.3) is 0 Å². The van der Waals surface area contributed by atoms with E-state index >= 15 is 0 Å². The molecule has 3 aliphatic rings. The second-order valence-electron chi connectivity index (χ2n) is 9.46. The van der Waals surface area contributed by atoms with Gasteiger partial charge in [-0.2, -0.15) is 0 Å². The van der Waals surface area contributed by atoms with Gasteiger partial charge >= 0.3 is 11.9 Å². The summed E-state index contributed by atoms with van der Waals surface area (Å²) in [5.74, 6) is -3.10. The summed E-state index contributed by atoms with van der Waals surface area (Å²) in [6, 6.07) is 3.94. The number of carboxylic acid groups (broad SMARTS) is 2. The SMILES string of the molecule is CC1(C(=O)N2CCC3(CC2)CC(=O)N(Cc2ccncc2)C3)CC=CCC1.O=C(O)C(=O)O. The maximum absolute atomic E-state index is 13.1. The molecule has 0 saturated carbocycles. The Hall–Kier alpha value is -3.23. The summed E-state index contributed by atoms with van der Waals surface area (Å²) in [6.07, 6.45) is 13.2. The van der Waals surface area contributed by atoms with Gasteiger partial charge in [-0.05, 0) is 49.8 Å². The zero-order valence-corrected chi connectivity index (χ0v) is 18.9. The largest absolute Gasteiger partial charge is 0.473 e. The molecule has 9 heteroatoms. The van der Waals surface area contributed by atoms with Crippen molar-refractivity contribution < 1.29 is 29.4 Å². The van der Waals surface area contributed by atoms with Crippen LogP contribution in [0.15, 0.2) is 36.7 Å². The van der Waals surface area contributed by atoms with Crippen LogP contribution in [0.25, 0.3) is 0 Å². The first-order valence-corrected chi connectivity index (χ1v) is 11.2. The maximum Gasteiger partial charge on any atom is 0.414 e. The summed E-state index contributed by atoms with van der Waals surface area (Å²) in [7, 11) is 0. The molecule has 1 spiro atoms. The number of nitrogens with zero attached hydrogens (tertiary/aromatic N) is 3. The van der Waals surface area contributed by atoms with Crippen molar-refractivity contribution >= 4 is 23.8 Å². The average molecular weight is 458 g/mol. The summed E-state index contributed by atoms with van der Waals surface area (Å²) in [4.78, 5) is 51.9. The highest BCUT2D eigenvalue weighted by atomic mass is 16.4. The fraction of sp³-hybridized carbons (Fsp3) is 0.542. The molecule has 2 aliphatic heterocycles. The number of aromatic nitrogens is 1. The third-order valence-electron chi connectivity index (χ3n) is 6.94. The number of aliphatic carboxylic acids is 2. The third kappa shape index (κ3) is 5.97. The molecule has 178 valence electrons. The number of allylic oxidation sites excluding steroid dienone is 2. The Morgan fingerprint density at radius 3 is 2.21 bits per heavy atom. The number of carbonyl (C=O) groups is 4. The summed E-state index contributed by atoms with van der Waals surface area (Å²) in [6.45, 7) is 5.16. The van der Waals surface area contributed by atoms with E-state index in [-0.39, 0.29) is 16.7 Å². The van der Waals surface area contributed by atoms with Crippen molar-refractivity contribution in [2.75, 3.05) is 19.6 Å². The Kier molecular flexibility index (Phi) is 7.50. The van der Waals surface area contributed by atoms with E-state index in [9.17, 15) is 9.59 Å². The summed E-state index contributed by atoms with van der Waals surface area (Å²) in [5, 5.41) is 14.8. The molecule has 4 rings (SSSR count). The van der Waals surface area contributed by atoms with E-state index in [4.69, 9.17) is 19.8 Å². The molecule has 2 saturated heterocycles. The molecule has 1 aromatic rings. The topological polar surface area (TPSA) is 128 Å². The monoisotopic (exact) mass is 457 g/mol. The number of hydrogen-bond donors (Lipinski definition) is 2. The number of piperidine rings is 1. The normalized spacial score (nSPS) is 23.7. The van der Waals surface area contributed by atoms with E-state index in [1.54, 1.807) is 12.4 Å². The Balaban J connectivity index is 0.000000454. The van der Waals surface area contributed by atoms with E-state index in [1.165, 1.54) is 0 Å². The predicted octanol–water partition coefficient (Wildman–Crippen LogP) is 2.32. The Bertz CT molecular complexity index is 911. The van der Waals surface area contributed by atoms with Crippen molar-refractivity contribution in [2.45, 2.75) is 52.0 Å². The van der Waals surface area contributed by atoms with Crippen LogP contribution in [0.1, 0.15) is 51.0 Å². The van der Waals surface area contributed by atoms with Gasteiger partial charge in [0.15, 0.2) is 0 Å². The average Bonchev–Trinajstić information content (AvgIpc) is 3.09. The van der Waals surface area contributed by atoms with Crippen LogP contribution in [0, 0.1) is 10.8 Å². The first kappa shape index (κ1) is 24.4. The van der Waals surface area contributed by atoms with Gasteiger partial charge < -0.3 is 20.0 Å². The summed E-state index contributed by atoms with van der Waals surface area (Å²) < 4.78 is 0. The van der Waals surface area contributed by atoms with E-state index < -0.39 is 11.9 Å². The number of amides is 2. The number of hydrogen-bond acceptors (Lipinski definition) is 5. The van der Waals surface area contributed by atoms with E-state index in [0.717, 1.165) is 57.3 Å². The van der Waals surface area contributed by atoms with Crippen LogP contribution in [0.2, 0.25) is 0 Å². The van der Waals surface area contributed by atoms with Crippen LogP contribution in [0.5, 0.6) is 0 Å². The van der Waals surface area contributed by atoms with Crippen molar-refractivity contribution in [3.63, 3.8) is 0 Å². The highest BCUT2D eigenvalue weighted by molar-refractivity contribution is 6.27. The fourth-order valence-corrected chi connectivity index (χ4v) is 4.89. The van der Waals surface area contributed by atoms with Crippen LogP contribution in [-0.4, -0.2) is 68.4 Å². The molecule has 1 aromatic heterocycles. The van der Waals surface area contributed by atoms with Gasteiger partial charge in [-0.15, -0.1) is 0 Å². The van der Waals surface area contributed by atoms with Crippen molar-refractivity contribution in [2.24, 2.45) is 10.8 Å². The molecule has 0 bridgehead atoms. The summed E-state index contributed by atoms with van der Waals surface area (Å²) >= 11 is 0. The van der Waals surface area contributed by atoms with Gasteiger partial charge in [-0.1, -0.05) is 19.1 Å². The minimum absolute atomic E-state index is 0.0499. The Labute approximate surface area is 193 Å². The van der Waals surface area contributed by atoms with E-state index in [2.05, 4.69) is 29.0 Å². The zero-order valence-electron chi connectivity index (χ0n) is 18.9. The van der Waals surface area contributed by atoms with Crippen molar-refractivity contribution in [3.8, 4) is 0 Å². The van der Waals surface area contributed by atoms with Gasteiger partial charge in [0.05, 0.1) is 5.41 Å². The smallest absolute Gasteiger partial charge is 0.414 e. The molecular formula is C24H31N3O6. The molecule has 0 radical (unpaired) electrons. The molecule has 3 heterocycles. The lowest BCUT2D eigenvalue weighted by Gasteiger charge is -2.42. The lowest BCUT2D eigenvalue weighted by molar-refractivity contribution is -0.159. The van der Waals surface area contributed by atoms with Crippen molar-refractivity contribution in [3.05, 3.63) is 42.2 Å². The highest BCUT2D eigenvalue weighted by Crippen LogP contribution is 2.43. The Morgan fingerprint density at radius 2 is 1.67 bits per heavy atom. The van der Waals surface area contributed by atoms with Gasteiger partial charge in [0, 0.05) is 50.4 Å². The molecule has 9 nitrogen and oxygen atoms in total. The van der Waals surface area contributed by atoms with Crippen molar-refractivity contribution in [1.82, 2.24) is 14.8 Å². The van der Waals surface area contributed by atoms with Gasteiger partial charge in [-0.25, -0.2) is 9.59 Å². The molecule has 1 aliphatic carbocycles. The second kappa shape index (κ2) is 10.1. The molecule has 1 unspecified atom stereocenters. The minimum atomic E-state index is -1.82. The standard InChI is InChI=1S/C22H29N3O2.C2H2O4/c1-21(7-3-2-4-8-21)20(27)24-13-9-22(10-14-24)15-19(26)25(17-22)16-18-5-11-23-12-6-18;3-1(4)2(5)6/h2-3,5-6,11-12H,4,7-10,13-17H2,1H3;(H,3,4)(H,5,6). The first-order valence-electron chi connectivity index (χ1n) is 11.2. The maximum atomic E-state index is 13.1. The number of rotatable bonds is 3. The van der Waals surface area contributed by atoms with Crippen LogP contribution < -0.4 is 0 Å². The number of likely N-dealkylation sites (tertiary alicyclic amines) is 2. The molecule has 2 fully saturated rings. The Morgan fingerprint density at radius 1 is 1.03 bits per heavy atom. The third-order valence-corrected chi connectivity index (χ3v) is 6.94. The summed E-state index contributed by atoms with van der Waals surface area (Å²) in [5.41, 5.74) is 0.938. The predicted molar refractivity (Wildman–Crippen MR) is 119 cm³/mol. The lowest BCUT2D eigenvalue weighted by atomic mass is 9.74. The molecular weight excluding hydrogens is 426 g/mol. The second-order valence-corrected chi connectivity index (χ2v) is 9.46. The molecule has 1 atom stereocenters. The van der Waals surface area contributed by atoms with Gasteiger partial charge in [-0.3, -0.25) is 14.6 Å². The first-order chi connectivity index (χ1) is 15.6. The highest BCUT2D eigenvalue weighted by Gasteiger charge is 2.47. The minimum Gasteiger partial charge on any atom is -0.473 e. The zero-order chi connectivity index (χ0) is 24.1. The van der Waals surface area contributed by atoms with Gasteiger partial charge in [0.1, 0.15) is 0 Å². The quantitative estimate of drug-likeness (QED) is 0.526. The molecule has 0 aromatic carbocycles. The molecule has 33 heavy (non-hydrogen) atoms. The number of carbonyl (C=O) groups excluding carboxylic acids is 2. The molecule has 2 N–H and O–H groups in total. The fourth-order valence-electron chi connectivity index (χ4n) is 4.89. The van der Waals surface area contributed by atoms with E-state index in [0.29, 0.717) is 18.9 Å².